The molecule has 0 aliphatic heterocycles. The molecule has 1 aromatic heterocycles. The summed E-state index contributed by atoms with van der Waals surface area (Å²) in [6.45, 7) is 0.407. The van der Waals surface area contributed by atoms with Gasteiger partial charge in [0.15, 0.2) is 5.84 Å². The van der Waals surface area contributed by atoms with Crippen molar-refractivity contribution in [1.29, 1.82) is 0 Å². The van der Waals surface area contributed by atoms with Gasteiger partial charge in [-0.25, -0.2) is 0 Å². The predicted molar refractivity (Wildman–Crippen MR) is 67.5 cm³/mol. The van der Waals surface area contributed by atoms with Crippen molar-refractivity contribution in [2.45, 2.75) is 6.61 Å². The Morgan fingerprint density at radius 3 is 2.61 bits per heavy atom. The molecule has 0 radical (unpaired) electrons. The maximum atomic E-state index is 8.53. The average Bonchev–Trinajstić information content (AvgIpc) is 2.46. The maximum Gasteiger partial charge on any atom is 0.170 e. The van der Waals surface area contributed by atoms with Crippen LogP contribution < -0.4 is 10.5 Å². The molecule has 0 spiro atoms. The molecule has 92 valence electrons. The molecule has 5 nitrogen and oxygen atoms in total. The van der Waals surface area contributed by atoms with Gasteiger partial charge in [0.05, 0.1) is 5.69 Å². The lowest BCUT2D eigenvalue weighted by Crippen LogP contribution is -2.12. The summed E-state index contributed by atoms with van der Waals surface area (Å²) >= 11 is 0. The van der Waals surface area contributed by atoms with E-state index in [2.05, 4.69) is 10.1 Å². The second kappa shape index (κ2) is 5.67. The Hall–Kier alpha value is -2.56. The lowest BCUT2D eigenvalue weighted by Gasteiger charge is -2.06. The normalized spacial score (nSPS) is 11.2. The van der Waals surface area contributed by atoms with Crippen molar-refractivity contribution in [3.63, 3.8) is 0 Å². The highest BCUT2D eigenvalue weighted by atomic mass is 16.5. The predicted octanol–water partition coefficient (Wildman–Crippen LogP) is 1.76. The third-order valence-corrected chi connectivity index (χ3v) is 2.37. The molecule has 0 bridgehead atoms. The third-order valence-electron chi connectivity index (χ3n) is 2.37. The van der Waals surface area contributed by atoms with Gasteiger partial charge in [-0.15, -0.1) is 0 Å². The highest BCUT2D eigenvalue weighted by Crippen LogP contribution is 2.13. The van der Waals surface area contributed by atoms with E-state index in [9.17, 15) is 0 Å². The van der Waals surface area contributed by atoms with Crippen LogP contribution >= 0.6 is 0 Å². The minimum Gasteiger partial charge on any atom is -0.487 e. The number of amidine groups is 1. The monoisotopic (exact) mass is 243 g/mol. The Morgan fingerprint density at radius 1 is 1.22 bits per heavy atom. The van der Waals surface area contributed by atoms with Crippen LogP contribution in [-0.2, 0) is 6.61 Å². The van der Waals surface area contributed by atoms with Crippen molar-refractivity contribution in [3.8, 4) is 5.75 Å². The van der Waals surface area contributed by atoms with E-state index in [0.29, 0.717) is 17.9 Å². The second-order valence-electron chi connectivity index (χ2n) is 3.62. The first-order valence-electron chi connectivity index (χ1n) is 5.40. The van der Waals surface area contributed by atoms with E-state index >= 15 is 0 Å². The molecule has 0 fully saturated rings. The van der Waals surface area contributed by atoms with Gasteiger partial charge in [-0.1, -0.05) is 11.2 Å². The Balaban J connectivity index is 1.99. The van der Waals surface area contributed by atoms with Gasteiger partial charge in [0, 0.05) is 11.8 Å². The van der Waals surface area contributed by atoms with Gasteiger partial charge in [0.25, 0.3) is 0 Å². The SMILES string of the molecule is N/C(=N\O)c1ccc(OCc2ccccn2)cc1. The summed E-state index contributed by atoms with van der Waals surface area (Å²) in [5, 5.41) is 11.5. The summed E-state index contributed by atoms with van der Waals surface area (Å²) < 4.78 is 5.55. The standard InChI is InChI=1S/C13H13N3O2/c14-13(16-17)10-4-6-12(7-5-10)18-9-11-3-1-2-8-15-11/h1-8,17H,9H2,(H2,14,16). The summed E-state index contributed by atoms with van der Waals surface area (Å²) in [6, 6.07) is 12.6. The summed E-state index contributed by atoms with van der Waals surface area (Å²) in [7, 11) is 0. The fraction of sp³-hybridized carbons (Fsp3) is 0.0769. The topological polar surface area (TPSA) is 80.7 Å². The number of nitrogens with zero attached hydrogens (tertiary/aromatic N) is 2. The first-order chi connectivity index (χ1) is 8.79. The molecule has 0 saturated heterocycles. The summed E-state index contributed by atoms with van der Waals surface area (Å²) in [6.07, 6.45) is 1.72. The van der Waals surface area contributed by atoms with Gasteiger partial charge >= 0.3 is 0 Å². The third kappa shape index (κ3) is 2.98. The number of oxime groups is 1. The molecule has 1 heterocycles. The van der Waals surface area contributed by atoms with Gasteiger partial charge in [0.1, 0.15) is 12.4 Å². The van der Waals surface area contributed by atoms with Crippen LogP contribution in [0.4, 0.5) is 0 Å². The summed E-state index contributed by atoms with van der Waals surface area (Å²) in [4.78, 5) is 4.16. The summed E-state index contributed by atoms with van der Waals surface area (Å²) in [5.41, 5.74) is 6.96. The van der Waals surface area contributed by atoms with Gasteiger partial charge < -0.3 is 15.7 Å². The first kappa shape index (κ1) is 11.9. The molecule has 0 amide bonds. The molecule has 0 saturated carbocycles. The van der Waals surface area contributed by atoms with Gasteiger partial charge in [0.2, 0.25) is 0 Å². The number of ether oxygens (including phenoxy) is 1. The van der Waals surface area contributed by atoms with Crippen LogP contribution in [0.2, 0.25) is 0 Å². The van der Waals surface area contributed by atoms with Gasteiger partial charge in [-0.3, -0.25) is 4.98 Å². The number of benzene rings is 1. The van der Waals surface area contributed by atoms with Crippen molar-refractivity contribution in [2.24, 2.45) is 10.9 Å². The Bertz CT molecular complexity index is 524. The Labute approximate surface area is 105 Å². The summed E-state index contributed by atoms with van der Waals surface area (Å²) in [5.74, 6) is 0.779. The Morgan fingerprint density at radius 2 is 2.00 bits per heavy atom. The van der Waals surface area contributed by atoms with Crippen LogP contribution in [0, 0.1) is 0 Å². The van der Waals surface area contributed by atoms with Gasteiger partial charge in [-0.2, -0.15) is 0 Å². The zero-order chi connectivity index (χ0) is 12.8. The first-order valence-corrected chi connectivity index (χ1v) is 5.40. The quantitative estimate of drug-likeness (QED) is 0.371. The molecule has 5 heteroatoms. The van der Waals surface area contributed by atoms with Crippen LogP contribution in [0.25, 0.3) is 0 Å². The maximum absolute atomic E-state index is 8.53. The van der Waals surface area contributed by atoms with E-state index in [1.54, 1.807) is 30.5 Å². The molecule has 0 atom stereocenters. The number of nitrogens with two attached hydrogens (primary N) is 1. The minimum absolute atomic E-state index is 0.0753. The van der Waals surface area contributed by atoms with Gasteiger partial charge in [-0.05, 0) is 36.4 Å². The molecule has 0 aliphatic rings. The number of hydrogen-bond donors (Lipinski definition) is 2. The molecule has 18 heavy (non-hydrogen) atoms. The fourth-order valence-corrected chi connectivity index (χ4v) is 1.42. The van der Waals surface area contributed by atoms with Crippen molar-refractivity contribution in [2.75, 3.05) is 0 Å². The van der Waals surface area contributed by atoms with E-state index in [0.717, 1.165) is 5.69 Å². The van der Waals surface area contributed by atoms with E-state index in [4.69, 9.17) is 15.7 Å². The highest BCUT2D eigenvalue weighted by molar-refractivity contribution is 5.97. The van der Waals surface area contributed by atoms with Crippen molar-refractivity contribution >= 4 is 5.84 Å². The fourth-order valence-electron chi connectivity index (χ4n) is 1.42. The number of pyridine rings is 1. The molecular formula is C13H13N3O2. The zero-order valence-corrected chi connectivity index (χ0v) is 9.65. The van der Waals surface area contributed by atoms with E-state index < -0.39 is 0 Å². The molecule has 2 rings (SSSR count). The van der Waals surface area contributed by atoms with E-state index in [1.807, 2.05) is 18.2 Å². The van der Waals surface area contributed by atoms with Crippen molar-refractivity contribution in [1.82, 2.24) is 4.98 Å². The van der Waals surface area contributed by atoms with E-state index in [-0.39, 0.29) is 5.84 Å². The largest absolute Gasteiger partial charge is 0.487 e. The molecule has 2 aromatic rings. The lowest BCUT2D eigenvalue weighted by atomic mass is 10.2. The Kier molecular flexibility index (Phi) is 3.76. The molecule has 1 aromatic carbocycles. The molecule has 3 N–H and O–H groups in total. The molecule has 0 unspecified atom stereocenters. The average molecular weight is 243 g/mol. The second-order valence-corrected chi connectivity index (χ2v) is 3.62. The van der Waals surface area contributed by atoms with E-state index in [1.165, 1.54) is 0 Å². The van der Waals surface area contributed by atoms with Crippen molar-refractivity contribution in [3.05, 3.63) is 59.9 Å². The van der Waals surface area contributed by atoms with Crippen LogP contribution in [0.5, 0.6) is 5.75 Å². The van der Waals surface area contributed by atoms with Crippen molar-refractivity contribution < 1.29 is 9.94 Å². The number of rotatable bonds is 4. The number of aromatic nitrogens is 1. The minimum atomic E-state index is 0.0753. The lowest BCUT2D eigenvalue weighted by molar-refractivity contribution is 0.301. The molecule has 0 aliphatic carbocycles. The highest BCUT2D eigenvalue weighted by Gasteiger charge is 2.00. The van der Waals surface area contributed by atoms with Crippen LogP contribution in [-0.4, -0.2) is 16.0 Å². The van der Waals surface area contributed by atoms with Crippen LogP contribution in [0.1, 0.15) is 11.3 Å². The smallest absolute Gasteiger partial charge is 0.170 e. The zero-order valence-electron chi connectivity index (χ0n) is 9.65. The number of hydrogen-bond acceptors (Lipinski definition) is 4. The molecular weight excluding hydrogens is 230 g/mol. The van der Waals surface area contributed by atoms with Crippen LogP contribution in [0.15, 0.2) is 53.8 Å². The van der Waals surface area contributed by atoms with Crippen LogP contribution in [0.3, 0.4) is 0 Å².